The van der Waals surface area contributed by atoms with Gasteiger partial charge in [0.15, 0.2) is 5.96 Å². The summed E-state index contributed by atoms with van der Waals surface area (Å²) in [6.07, 6.45) is 8.64. The Balaban J connectivity index is 1.39. The molecule has 4 unspecified atom stereocenters. The van der Waals surface area contributed by atoms with E-state index in [1.54, 1.807) is 0 Å². The Kier molecular flexibility index (Phi) is 4.95. The Morgan fingerprint density at radius 3 is 2.76 bits per heavy atom. The van der Waals surface area contributed by atoms with Crippen LogP contribution in [-0.2, 0) is 9.47 Å². The molecule has 25 heavy (non-hydrogen) atoms. The predicted molar refractivity (Wildman–Crippen MR) is 96.6 cm³/mol. The molecule has 0 amide bonds. The van der Waals surface area contributed by atoms with Crippen molar-refractivity contribution >= 4 is 5.96 Å². The molecule has 0 aromatic rings. The zero-order chi connectivity index (χ0) is 17.3. The van der Waals surface area contributed by atoms with E-state index in [0.717, 1.165) is 45.2 Å². The SMILES string of the molecule is CN=C(NCC1(CCO)CCOC1)NC1C2CCOC2C12CCCC2. The molecule has 142 valence electrons. The Hall–Kier alpha value is -0.850. The molecular formula is C19H33N3O3. The summed E-state index contributed by atoms with van der Waals surface area (Å²) in [5, 5.41) is 16.7. The third kappa shape index (κ3) is 2.96. The number of rotatable bonds is 5. The molecule has 4 atom stereocenters. The lowest BCUT2D eigenvalue weighted by atomic mass is 9.54. The summed E-state index contributed by atoms with van der Waals surface area (Å²) >= 11 is 0. The maximum Gasteiger partial charge on any atom is 0.191 e. The van der Waals surface area contributed by atoms with Crippen molar-refractivity contribution in [3.8, 4) is 0 Å². The van der Waals surface area contributed by atoms with Crippen LogP contribution in [0.5, 0.6) is 0 Å². The number of ether oxygens (including phenoxy) is 2. The van der Waals surface area contributed by atoms with Crippen molar-refractivity contribution in [2.45, 2.75) is 57.1 Å². The van der Waals surface area contributed by atoms with Gasteiger partial charge in [-0.15, -0.1) is 0 Å². The molecule has 1 spiro atoms. The van der Waals surface area contributed by atoms with Gasteiger partial charge in [-0.1, -0.05) is 12.8 Å². The van der Waals surface area contributed by atoms with Crippen LogP contribution in [0.2, 0.25) is 0 Å². The number of guanidine groups is 1. The highest BCUT2D eigenvalue weighted by molar-refractivity contribution is 5.80. The van der Waals surface area contributed by atoms with Crippen molar-refractivity contribution in [3.05, 3.63) is 0 Å². The van der Waals surface area contributed by atoms with Crippen molar-refractivity contribution in [3.63, 3.8) is 0 Å². The van der Waals surface area contributed by atoms with Gasteiger partial charge >= 0.3 is 0 Å². The van der Waals surface area contributed by atoms with Crippen LogP contribution >= 0.6 is 0 Å². The topological polar surface area (TPSA) is 75.1 Å². The molecule has 6 heteroatoms. The summed E-state index contributed by atoms with van der Waals surface area (Å²) in [6, 6.07) is 0.488. The molecule has 4 rings (SSSR count). The van der Waals surface area contributed by atoms with Crippen molar-refractivity contribution in [1.29, 1.82) is 0 Å². The molecule has 4 aliphatic rings. The van der Waals surface area contributed by atoms with Crippen LogP contribution in [0.15, 0.2) is 4.99 Å². The van der Waals surface area contributed by atoms with Crippen LogP contribution in [0.25, 0.3) is 0 Å². The molecule has 0 aromatic carbocycles. The van der Waals surface area contributed by atoms with Crippen molar-refractivity contribution in [1.82, 2.24) is 10.6 Å². The lowest BCUT2D eigenvalue weighted by Crippen LogP contribution is -2.69. The normalized spacial score (nSPS) is 39.4. The van der Waals surface area contributed by atoms with Gasteiger partial charge < -0.3 is 25.2 Å². The fourth-order valence-electron chi connectivity index (χ4n) is 5.83. The Labute approximate surface area is 150 Å². The molecule has 2 saturated heterocycles. The fraction of sp³-hybridized carbons (Fsp3) is 0.947. The molecule has 0 aromatic heterocycles. The molecule has 3 N–H and O–H groups in total. The van der Waals surface area contributed by atoms with Gasteiger partial charge in [-0.05, 0) is 32.1 Å². The molecule has 2 saturated carbocycles. The van der Waals surface area contributed by atoms with Crippen molar-refractivity contribution < 1.29 is 14.6 Å². The first kappa shape index (κ1) is 17.6. The van der Waals surface area contributed by atoms with E-state index in [1.807, 2.05) is 7.05 Å². The summed E-state index contributed by atoms with van der Waals surface area (Å²) in [4.78, 5) is 4.48. The summed E-state index contributed by atoms with van der Waals surface area (Å²) in [5.74, 6) is 1.53. The smallest absolute Gasteiger partial charge is 0.191 e. The van der Waals surface area contributed by atoms with E-state index in [0.29, 0.717) is 23.5 Å². The molecule has 2 aliphatic heterocycles. The van der Waals surface area contributed by atoms with E-state index < -0.39 is 0 Å². The average Bonchev–Trinajstić information content (AvgIpc) is 3.35. The highest BCUT2D eigenvalue weighted by Crippen LogP contribution is 2.60. The largest absolute Gasteiger partial charge is 0.396 e. The standard InChI is InChI=1S/C19H33N3O3/c1-20-17(21-12-18(7-9-23)8-11-24-13-18)22-15-14-4-10-25-16(14)19(15)5-2-3-6-19/h14-16,23H,2-13H2,1H3,(H2,20,21,22). The minimum absolute atomic E-state index is 0.0377. The maximum atomic E-state index is 9.41. The Morgan fingerprint density at radius 1 is 1.24 bits per heavy atom. The first-order valence-corrected chi connectivity index (χ1v) is 10.0. The van der Waals surface area contributed by atoms with Gasteiger partial charge in [0.25, 0.3) is 0 Å². The quantitative estimate of drug-likeness (QED) is 0.514. The van der Waals surface area contributed by atoms with E-state index >= 15 is 0 Å². The Morgan fingerprint density at radius 2 is 2.08 bits per heavy atom. The lowest BCUT2D eigenvalue weighted by molar-refractivity contribution is -0.125. The van der Waals surface area contributed by atoms with E-state index in [9.17, 15) is 5.11 Å². The zero-order valence-corrected chi connectivity index (χ0v) is 15.4. The lowest BCUT2D eigenvalue weighted by Gasteiger charge is -2.57. The summed E-state index contributed by atoms with van der Waals surface area (Å²) < 4.78 is 11.7. The first-order chi connectivity index (χ1) is 12.2. The van der Waals surface area contributed by atoms with Crippen molar-refractivity contribution in [2.24, 2.45) is 21.7 Å². The van der Waals surface area contributed by atoms with E-state index in [2.05, 4.69) is 15.6 Å². The minimum atomic E-state index is 0.0377. The van der Waals surface area contributed by atoms with Crippen LogP contribution in [0.4, 0.5) is 0 Å². The van der Waals surface area contributed by atoms with Crippen LogP contribution in [-0.4, -0.2) is 63.2 Å². The maximum absolute atomic E-state index is 9.41. The van der Waals surface area contributed by atoms with E-state index in [1.165, 1.54) is 32.1 Å². The van der Waals surface area contributed by atoms with Crippen LogP contribution in [0.3, 0.4) is 0 Å². The van der Waals surface area contributed by atoms with E-state index in [-0.39, 0.29) is 12.0 Å². The van der Waals surface area contributed by atoms with Crippen LogP contribution < -0.4 is 10.6 Å². The summed E-state index contributed by atoms with van der Waals surface area (Å²) in [7, 11) is 1.85. The van der Waals surface area contributed by atoms with Crippen LogP contribution in [0.1, 0.15) is 44.9 Å². The second-order valence-electron chi connectivity index (χ2n) is 8.51. The van der Waals surface area contributed by atoms with Gasteiger partial charge in [-0.25, -0.2) is 0 Å². The average molecular weight is 351 g/mol. The fourth-order valence-corrected chi connectivity index (χ4v) is 5.83. The molecule has 2 heterocycles. The second kappa shape index (κ2) is 7.05. The highest BCUT2D eigenvalue weighted by Gasteiger charge is 2.65. The van der Waals surface area contributed by atoms with Crippen LogP contribution in [0, 0.1) is 16.7 Å². The number of hydrogen-bond donors (Lipinski definition) is 3. The second-order valence-corrected chi connectivity index (χ2v) is 8.51. The number of aliphatic hydroxyl groups is 1. The molecule has 0 radical (unpaired) electrons. The minimum Gasteiger partial charge on any atom is -0.396 e. The van der Waals surface area contributed by atoms with Gasteiger partial charge in [0, 0.05) is 56.2 Å². The number of hydrogen-bond acceptors (Lipinski definition) is 4. The van der Waals surface area contributed by atoms with Gasteiger partial charge in [0.1, 0.15) is 0 Å². The highest BCUT2D eigenvalue weighted by atomic mass is 16.5. The number of fused-ring (bicyclic) bond motifs is 2. The number of nitrogens with zero attached hydrogens (tertiary/aromatic N) is 1. The van der Waals surface area contributed by atoms with Crippen molar-refractivity contribution in [2.75, 3.05) is 40.0 Å². The number of nitrogens with one attached hydrogen (secondary N) is 2. The third-order valence-electron chi connectivity index (χ3n) is 7.26. The molecule has 2 aliphatic carbocycles. The van der Waals surface area contributed by atoms with Gasteiger partial charge in [0.05, 0.1) is 12.7 Å². The van der Waals surface area contributed by atoms with E-state index in [4.69, 9.17) is 9.47 Å². The van der Waals surface area contributed by atoms with Gasteiger partial charge in [0.2, 0.25) is 0 Å². The number of aliphatic hydroxyl groups excluding tert-OH is 1. The monoisotopic (exact) mass is 351 g/mol. The molecular weight excluding hydrogens is 318 g/mol. The molecule has 4 fully saturated rings. The molecule has 6 nitrogen and oxygen atoms in total. The third-order valence-corrected chi connectivity index (χ3v) is 7.26. The van der Waals surface area contributed by atoms with Gasteiger partial charge in [-0.3, -0.25) is 4.99 Å². The van der Waals surface area contributed by atoms with Gasteiger partial charge in [-0.2, -0.15) is 0 Å². The zero-order valence-electron chi connectivity index (χ0n) is 15.4. The first-order valence-electron chi connectivity index (χ1n) is 10.0. The number of aliphatic imine (C=N–C) groups is 1. The predicted octanol–water partition coefficient (Wildman–Crippen LogP) is 1.29. The Bertz CT molecular complexity index is 498. The summed E-state index contributed by atoms with van der Waals surface area (Å²) in [5.41, 5.74) is 0.369. The molecule has 0 bridgehead atoms. The summed E-state index contributed by atoms with van der Waals surface area (Å²) in [6.45, 7) is 3.45.